The molecule has 0 N–H and O–H groups in total. The number of hydrogen-bond acceptors (Lipinski definition) is 4. The number of rotatable bonds is 3. The van der Waals surface area contributed by atoms with E-state index in [0.717, 1.165) is 5.56 Å². The van der Waals surface area contributed by atoms with Crippen molar-refractivity contribution in [1.29, 1.82) is 0 Å². The second kappa shape index (κ2) is 6.80. The lowest BCUT2D eigenvalue weighted by molar-refractivity contribution is -0.118. The van der Waals surface area contributed by atoms with Gasteiger partial charge in [0.1, 0.15) is 11.1 Å². The van der Waals surface area contributed by atoms with E-state index >= 15 is 0 Å². The zero-order valence-corrected chi connectivity index (χ0v) is 14.5. The van der Waals surface area contributed by atoms with E-state index in [1.165, 1.54) is 17.9 Å². The largest absolute Gasteiger partial charge is 0.381 e. The van der Waals surface area contributed by atoms with E-state index in [9.17, 15) is 17.6 Å². The molecule has 1 saturated heterocycles. The average molecular weight is 355 g/mol. The fourth-order valence-corrected chi connectivity index (χ4v) is 5.31. The molecule has 132 valence electrons. The summed E-state index contributed by atoms with van der Waals surface area (Å²) >= 11 is 0. The number of benzene rings is 1. The third-order valence-corrected chi connectivity index (χ3v) is 7.50. The molecular formula is C17H22FNO4S. The zero-order valence-electron chi connectivity index (χ0n) is 13.7. The maximum atomic E-state index is 14.2. The van der Waals surface area contributed by atoms with Gasteiger partial charge in [0.2, 0.25) is 5.91 Å². The van der Waals surface area contributed by atoms with Crippen molar-refractivity contribution in [2.45, 2.75) is 43.1 Å². The summed E-state index contributed by atoms with van der Waals surface area (Å²) in [5, 5.41) is -1.73. The third kappa shape index (κ3) is 3.07. The van der Waals surface area contributed by atoms with Crippen LogP contribution in [-0.2, 0) is 25.8 Å². The molecule has 24 heavy (non-hydrogen) atoms. The minimum atomic E-state index is -3.62. The number of fused-ring (bicyclic) bond motifs is 1. The number of sulfone groups is 1. The quantitative estimate of drug-likeness (QED) is 0.833. The number of ether oxygens (including phenoxy) is 1. The van der Waals surface area contributed by atoms with Crippen molar-refractivity contribution >= 4 is 21.4 Å². The first-order valence-electron chi connectivity index (χ1n) is 8.32. The Hall–Kier alpha value is -1.47. The highest BCUT2D eigenvalue weighted by Gasteiger charge is 2.40. The van der Waals surface area contributed by atoms with Gasteiger partial charge in [-0.05, 0) is 44.2 Å². The number of aryl methyl sites for hydroxylation is 1. The molecule has 0 aromatic heterocycles. The predicted octanol–water partition coefficient (Wildman–Crippen LogP) is 2.09. The van der Waals surface area contributed by atoms with Crippen LogP contribution in [0.15, 0.2) is 18.2 Å². The molecule has 2 aliphatic heterocycles. The summed E-state index contributed by atoms with van der Waals surface area (Å²) in [6, 6.07) is 4.71. The Labute approximate surface area is 141 Å². The van der Waals surface area contributed by atoms with Crippen LogP contribution in [-0.4, -0.2) is 44.6 Å². The van der Waals surface area contributed by atoms with Crippen LogP contribution in [0, 0.1) is 5.82 Å². The molecule has 0 radical (unpaired) electrons. The van der Waals surface area contributed by atoms with E-state index in [0.29, 0.717) is 45.4 Å². The van der Waals surface area contributed by atoms with E-state index in [4.69, 9.17) is 4.74 Å². The highest BCUT2D eigenvalue weighted by Crippen LogP contribution is 2.31. The average Bonchev–Trinajstić information content (AvgIpc) is 2.61. The van der Waals surface area contributed by atoms with Gasteiger partial charge in [-0.15, -0.1) is 0 Å². The second-order valence-corrected chi connectivity index (χ2v) is 8.94. The summed E-state index contributed by atoms with van der Waals surface area (Å²) in [4.78, 5) is 14.2. The lowest BCUT2D eigenvalue weighted by Gasteiger charge is -2.33. The molecule has 1 amide bonds. The first kappa shape index (κ1) is 17.4. The van der Waals surface area contributed by atoms with E-state index in [-0.39, 0.29) is 5.69 Å². The monoisotopic (exact) mass is 355 g/mol. The molecule has 3 rings (SSSR count). The van der Waals surface area contributed by atoms with E-state index in [1.807, 2.05) is 0 Å². The normalized spacial score (nSPS) is 20.5. The Morgan fingerprint density at radius 3 is 2.75 bits per heavy atom. The highest BCUT2D eigenvalue weighted by atomic mass is 32.2. The standard InChI is InChI=1S/C17H22FNO4S/c1-12(24(21,22)14-7-10-23-11-8-14)17(20)19-9-3-5-13-4-2-6-15(18)16(13)19/h2,4,6,12,14H,3,5,7-11H2,1H3. The number of halogens is 1. The van der Waals surface area contributed by atoms with Crippen LogP contribution in [0.3, 0.4) is 0 Å². The minimum absolute atomic E-state index is 0.239. The Bertz CT molecular complexity index is 728. The van der Waals surface area contributed by atoms with Crippen LogP contribution < -0.4 is 4.90 Å². The summed E-state index contributed by atoms with van der Waals surface area (Å²) in [6.45, 7) is 2.56. The predicted molar refractivity (Wildman–Crippen MR) is 89.3 cm³/mol. The topological polar surface area (TPSA) is 63.7 Å². The van der Waals surface area contributed by atoms with Gasteiger partial charge in [0.05, 0.1) is 10.9 Å². The molecule has 1 aromatic rings. The van der Waals surface area contributed by atoms with Crippen LogP contribution >= 0.6 is 0 Å². The van der Waals surface area contributed by atoms with Crippen LogP contribution in [0.25, 0.3) is 0 Å². The molecule has 2 aliphatic rings. The third-order valence-electron chi connectivity index (χ3n) is 4.91. The zero-order chi connectivity index (χ0) is 17.3. The van der Waals surface area contributed by atoms with Gasteiger partial charge in [0.15, 0.2) is 9.84 Å². The smallest absolute Gasteiger partial charge is 0.245 e. The van der Waals surface area contributed by atoms with Crippen molar-refractivity contribution in [1.82, 2.24) is 0 Å². The number of amides is 1. The summed E-state index contributed by atoms with van der Waals surface area (Å²) < 4.78 is 45.0. The number of carbonyl (C=O) groups is 1. The van der Waals surface area contributed by atoms with Crippen molar-refractivity contribution in [3.05, 3.63) is 29.6 Å². The first-order chi connectivity index (χ1) is 11.4. The maximum absolute atomic E-state index is 14.2. The van der Waals surface area contributed by atoms with Crippen LogP contribution in [0.1, 0.15) is 31.7 Å². The summed E-state index contributed by atoms with van der Waals surface area (Å²) in [5.74, 6) is -1.01. The SMILES string of the molecule is CC(C(=O)N1CCCc2cccc(F)c21)S(=O)(=O)C1CCOCC1. The van der Waals surface area contributed by atoms with Crippen molar-refractivity contribution < 1.29 is 22.3 Å². The minimum Gasteiger partial charge on any atom is -0.381 e. The van der Waals surface area contributed by atoms with Gasteiger partial charge in [0.25, 0.3) is 0 Å². The molecule has 1 atom stereocenters. The highest BCUT2D eigenvalue weighted by molar-refractivity contribution is 7.93. The molecule has 0 spiro atoms. The summed E-state index contributed by atoms with van der Waals surface area (Å²) in [6.07, 6.45) is 2.21. The number of anilines is 1. The van der Waals surface area contributed by atoms with E-state index < -0.39 is 32.1 Å². The number of nitrogens with zero attached hydrogens (tertiary/aromatic N) is 1. The van der Waals surface area contributed by atoms with Gasteiger partial charge in [-0.25, -0.2) is 12.8 Å². The Balaban J connectivity index is 1.87. The fourth-order valence-electron chi connectivity index (χ4n) is 3.48. The van der Waals surface area contributed by atoms with Crippen molar-refractivity contribution in [3.63, 3.8) is 0 Å². The Kier molecular flexibility index (Phi) is 4.92. The molecule has 5 nitrogen and oxygen atoms in total. The maximum Gasteiger partial charge on any atom is 0.245 e. The van der Waals surface area contributed by atoms with Crippen LogP contribution in [0.4, 0.5) is 10.1 Å². The Morgan fingerprint density at radius 1 is 1.33 bits per heavy atom. The van der Waals surface area contributed by atoms with Crippen molar-refractivity contribution in [2.75, 3.05) is 24.7 Å². The van der Waals surface area contributed by atoms with Gasteiger partial charge in [-0.2, -0.15) is 0 Å². The van der Waals surface area contributed by atoms with E-state index in [2.05, 4.69) is 0 Å². The van der Waals surface area contributed by atoms with Gasteiger partial charge in [0, 0.05) is 19.8 Å². The van der Waals surface area contributed by atoms with E-state index in [1.54, 1.807) is 12.1 Å². The molecule has 1 unspecified atom stereocenters. The van der Waals surface area contributed by atoms with Crippen LogP contribution in [0.5, 0.6) is 0 Å². The molecule has 2 heterocycles. The summed E-state index contributed by atoms with van der Waals surface area (Å²) in [7, 11) is -3.62. The molecule has 0 saturated carbocycles. The number of hydrogen-bond donors (Lipinski definition) is 0. The molecule has 7 heteroatoms. The second-order valence-electron chi connectivity index (χ2n) is 6.38. The van der Waals surface area contributed by atoms with Crippen LogP contribution in [0.2, 0.25) is 0 Å². The lowest BCUT2D eigenvalue weighted by atomic mass is 10.0. The first-order valence-corrected chi connectivity index (χ1v) is 9.93. The molecular weight excluding hydrogens is 333 g/mol. The Morgan fingerprint density at radius 2 is 2.04 bits per heavy atom. The fraction of sp³-hybridized carbons (Fsp3) is 0.588. The van der Waals surface area contributed by atoms with Gasteiger partial charge in [-0.3, -0.25) is 4.79 Å². The molecule has 0 aliphatic carbocycles. The summed E-state index contributed by atoms with van der Waals surface area (Å²) in [5.41, 5.74) is 0.994. The van der Waals surface area contributed by atoms with Gasteiger partial charge >= 0.3 is 0 Å². The number of carbonyl (C=O) groups excluding carboxylic acids is 1. The molecule has 1 aromatic carbocycles. The van der Waals surface area contributed by atoms with Gasteiger partial charge < -0.3 is 9.64 Å². The molecule has 1 fully saturated rings. The molecule has 0 bridgehead atoms. The van der Waals surface area contributed by atoms with Crippen molar-refractivity contribution in [2.24, 2.45) is 0 Å². The van der Waals surface area contributed by atoms with Gasteiger partial charge in [-0.1, -0.05) is 12.1 Å². The lowest BCUT2D eigenvalue weighted by Crippen LogP contribution is -2.47. The van der Waals surface area contributed by atoms with Crippen molar-refractivity contribution in [3.8, 4) is 0 Å². The number of para-hydroxylation sites is 1.